The van der Waals surface area contributed by atoms with Crippen molar-refractivity contribution in [1.29, 1.82) is 5.26 Å². The van der Waals surface area contributed by atoms with E-state index in [4.69, 9.17) is 9.47 Å². The summed E-state index contributed by atoms with van der Waals surface area (Å²) < 4.78 is 12.5. The number of nitrogens with zero attached hydrogens (tertiary/aromatic N) is 4. The maximum absolute atomic E-state index is 13.5. The van der Waals surface area contributed by atoms with Crippen LogP contribution in [-0.2, 0) is 4.79 Å². The number of carbonyl (C=O) groups is 2. The second kappa shape index (κ2) is 10.3. The average molecular weight is 477 g/mol. The number of amides is 1. The van der Waals surface area contributed by atoms with Crippen molar-refractivity contribution >= 4 is 17.6 Å². The number of aromatic nitrogens is 2. The van der Waals surface area contributed by atoms with Crippen LogP contribution in [0.2, 0.25) is 0 Å². The summed E-state index contributed by atoms with van der Waals surface area (Å²) in [5, 5.41) is 23.5. The lowest BCUT2D eigenvalue weighted by Crippen LogP contribution is -2.36. The largest absolute Gasteiger partial charge is 0.497 e. The van der Waals surface area contributed by atoms with Gasteiger partial charge in [0.05, 0.1) is 36.2 Å². The molecule has 0 radical (unpaired) electrons. The standard InChI is InChI=1S/C26H28N4O5/c1-17-22(14-30(28-17)19-6-9-21(34-5)10-7-19)25(33)29(15-24(31)32)20-8-11-23(18(12-20)13-27)35-16-26(2,3)4/h6-12,14H,15-16H2,1-5H3,(H,31,32). The van der Waals surface area contributed by atoms with E-state index in [0.29, 0.717) is 29.5 Å². The minimum atomic E-state index is -1.19. The molecule has 1 amide bonds. The fourth-order valence-corrected chi connectivity index (χ4v) is 3.29. The average Bonchev–Trinajstić information content (AvgIpc) is 3.21. The van der Waals surface area contributed by atoms with Crippen LogP contribution in [0.5, 0.6) is 11.5 Å². The Labute approximate surface area is 204 Å². The number of carboxylic acid groups (broad SMARTS) is 1. The predicted octanol–water partition coefficient (Wildman–Crippen LogP) is 4.22. The zero-order chi connectivity index (χ0) is 25.8. The first-order valence-corrected chi connectivity index (χ1v) is 10.9. The van der Waals surface area contributed by atoms with Crippen LogP contribution in [0.4, 0.5) is 5.69 Å². The van der Waals surface area contributed by atoms with Crippen molar-refractivity contribution in [3.8, 4) is 23.3 Å². The maximum Gasteiger partial charge on any atom is 0.323 e. The number of aliphatic carboxylic acids is 1. The predicted molar refractivity (Wildman–Crippen MR) is 130 cm³/mol. The van der Waals surface area contributed by atoms with Crippen molar-refractivity contribution < 1.29 is 24.2 Å². The van der Waals surface area contributed by atoms with Crippen molar-refractivity contribution in [2.45, 2.75) is 27.7 Å². The molecule has 0 aliphatic carbocycles. The summed E-state index contributed by atoms with van der Waals surface area (Å²) in [6.45, 7) is 7.51. The zero-order valence-corrected chi connectivity index (χ0v) is 20.4. The van der Waals surface area contributed by atoms with E-state index in [1.54, 1.807) is 61.3 Å². The van der Waals surface area contributed by atoms with Crippen LogP contribution in [0.3, 0.4) is 0 Å². The molecule has 2 aromatic carbocycles. The first kappa shape index (κ1) is 25.3. The van der Waals surface area contributed by atoms with Crippen LogP contribution in [0.15, 0.2) is 48.7 Å². The summed E-state index contributed by atoms with van der Waals surface area (Å²) in [6.07, 6.45) is 1.56. The second-order valence-corrected chi connectivity index (χ2v) is 9.20. The molecule has 0 aliphatic heterocycles. The second-order valence-electron chi connectivity index (χ2n) is 9.20. The molecule has 0 spiro atoms. The summed E-state index contributed by atoms with van der Waals surface area (Å²) in [4.78, 5) is 26.2. The van der Waals surface area contributed by atoms with E-state index in [-0.39, 0.29) is 22.2 Å². The topological polar surface area (TPSA) is 118 Å². The van der Waals surface area contributed by atoms with Crippen molar-refractivity contribution in [3.05, 3.63) is 65.5 Å². The first-order chi connectivity index (χ1) is 16.5. The fourth-order valence-electron chi connectivity index (χ4n) is 3.29. The number of hydrogen-bond acceptors (Lipinski definition) is 6. The number of carboxylic acids is 1. The van der Waals surface area contributed by atoms with Gasteiger partial charge in [-0.05, 0) is 54.8 Å². The zero-order valence-electron chi connectivity index (χ0n) is 20.4. The fraction of sp³-hybridized carbons (Fsp3) is 0.308. The van der Waals surface area contributed by atoms with E-state index in [9.17, 15) is 20.0 Å². The van der Waals surface area contributed by atoms with E-state index in [1.807, 2.05) is 20.8 Å². The number of hydrogen-bond donors (Lipinski definition) is 1. The quantitative estimate of drug-likeness (QED) is 0.517. The van der Waals surface area contributed by atoms with Gasteiger partial charge in [0.2, 0.25) is 0 Å². The van der Waals surface area contributed by atoms with Crippen LogP contribution in [-0.4, -0.2) is 47.0 Å². The molecule has 0 unspecified atom stereocenters. The van der Waals surface area contributed by atoms with Gasteiger partial charge in [0.15, 0.2) is 0 Å². The number of benzene rings is 2. The van der Waals surface area contributed by atoms with E-state index >= 15 is 0 Å². The van der Waals surface area contributed by atoms with Crippen LogP contribution >= 0.6 is 0 Å². The van der Waals surface area contributed by atoms with E-state index in [2.05, 4.69) is 11.2 Å². The first-order valence-electron chi connectivity index (χ1n) is 10.9. The molecule has 0 saturated heterocycles. The van der Waals surface area contributed by atoms with Crippen LogP contribution in [0, 0.1) is 23.7 Å². The molecule has 0 saturated carbocycles. The summed E-state index contributed by atoms with van der Waals surface area (Å²) in [5.74, 6) is -0.677. The van der Waals surface area contributed by atoms with Crippen molar-refractivity contribution in [2.75, 3.05) is 25.2 Å². The lowest BCUT2D eigenvalue weighted by molar-refractivity contribution is -0.135. The molecular weight excluding hydrogens is 448 g/mol. The number of anilines is 1. The molecule has 182 valence electrons. The Morgan fingerprint density at radius 2 is 1.86 bits per heavy atom. The third-order valence-corrected chi connectivity index (χ3v) is 5.06. The Morgan fingerprint density at radius 1 is 1.17 bits per heavy atom. The Bertz CT molecular complexity index is 1270. The Hall–Kier alpha value is -4.32. The molecule has 1 heterocycles. The molecule has 9 nitrogen and oxygen atoms in total. The number of carbonyl (C=O) groups excluding carboxylic acids is 1. The van der Waals surface area contributed by atoms with Gasteiger partial charge in [0.1, 0.15) is 24.1 Å². The smallest absolute Gasteiger partial charge is 0.323 e. The van der Waals surface area contributed by atoms with Crippen LogP contribution < -0.4 is 14.4 Å². The normalized spacial score (nSPS) is 11.0. The van der Waals surface area contributed by atoms with E-state index in [0.717, 1.165) is 4.90 Å². The Kier molecular flexibility index (Phi) is 7.45. The monoisotopic (exact) mass is 476 g/mol. The lowest BCUT2D eigenvalue weighted by Gasteiger charge is -2.23. The molecule has 0 bridgehead atoms. The number of nitriles is 1. The van der Waals surface area contributed by atoms with E-state index in [1.165, 1.54) is 6.07 Å². The van der Waals surface area contributed by atoms with Gasteiger partial charge in [0.25, 0.3) is 5.91 Å². The van der Waals surface area contributed by atoms with Gasteiger partial charge in [0, 0.05) is 11.9 Å². The number of aryl methyl sites for hydroxylation is 1. The summed E-state index contributed by atoms with van der Waals surface area (Å²) in [5.41, 5.74) is 1.76. The highest BCUT2D eigenvalue weighted by molar-refractivity contribution is 6.08. The minimum Gasteiger partial charge on any atom is -0.497 e. The third kappa shape index (κ3) is 6.18. The highest BCUT2D eigenvalue weighted by atomic mass is 16.5. The molecule has 0 aliphatic rings. The van der Waals surface area contributed by atoms with Crippen LogP contribution in [0.25, 0.3) is 5.69 Å². The van der Waals surface area contributed by atoms with Gasteiger partial charge < -0.3 is 14.6 Å². The third-order valence-electron chi connectivity index (χ3n) is 5.06. The number of ether oxygens (including phenoxy) is 2. The summed E-state index contributed by atoms with van der Waals surface area (Å²) >= 11 is 0. The van der Waals surface area contributed by atoms with E-state index < -0.39 is 18.4 Å². The van der Waals surface area contributed by atoms with Gasteiger partial charge in [-0.2, -0.15) is 10.4 Å². The SMILES string of the molecule is COc1ccc(-n2cc(C(=O)N(CC(=O)O)c3ccc(OCC(C)(C)C)c(C#N)c3)c(C)n2)cc1. The van der Waals surface area contributed by atoms with Crippen LogP contribution in [0.1, 0.15) is 42.4 Å². The van der Waals surface area contributed by atoms with Gasteiger partial charge in [-0.3, -0.25) is 14.5 Å². The highest BCUT2D eigenvalue weighted by Crippen LogP contribution is 2.28. The molecule has 0 fully saturated rings. The van der Waals surface area contributed by atoms with Crippen molar-refractivity contribution in [3.63, 3.8) is 0 Å². The summed E-state index contributed by atoms with van der Waals surface area (Å²) in [7, 11) is 1.57. The summed E-state index contributed by atoms with van der Waals surface area (Å²) in [6, 6.07) is 13.8. The van der Waals surface area contributed by atoms with Crippen molar-refractivity contribution in [1.82, 2.24) is 9.78 Å². The maximum atomic E-state index is 13.5. The highest BCUT2D eigenvalue weighted by Gasteiger charge is 2.25. The van der Waals surface area contributed by atoms with Crippen molar-refractivity contribution in [2.24, 2.45) is 5.41 Å². The number of rotatable bonds is 8. The van der Waals surface area contributed by atoms with Gasteiger partial charge in [-0.15, -0.1) is 0 Å². The molecule has 3 aromatic rings. The molecule has 3 rings (SSSR count). The Morgan fingerprint density at radius 3 is 2.43 bits per heavy atom. The molecule has 1 aromatic heterocycles. The molecule has 0 atom stereocenters. The molecule has 35 heavy (non-hydrogen) atoms. The van der Waals surface area contributed by atoms with Gasteiger partial charge in [-0.1, -0.05) is 20.8 Å². The van der Waals surface area contributed by atoms with Gasteiger partial charge in [-0.25, -0.2) is 4.68 Å². The number of methoxy groups -OCH3 is 1. The molecule has 9 heteroatoms. The minimum absolute atomic E-state index is 0.113. The Balaban J connectivity index is 1.95. The van der Waals surface area contributed by atoms with Gasteiger partial charge >= 0.3 is 5.97 Å². The molecule has 1 N–H and O–H groups in total. The lowest BCUT2D eigenvalue weighted by atomic mass is 9.98. The molecular formula is C26H28N4O5.